The summed E-state index contributed by atoms with van der Waals surface area (Å²) in [7, 11) is 0. The van der Waals surface area contributed by atoms with Crippen molar-refractivity contribution in [3.05, 3.63) is 46.2 Å². The topological polar surface area (TPSA) is 61.4 Å². The fourth-order valence-electron chi connectivity index (χ4n) is 2.81. The van der Waals surface area contributed by atoms with Crippen molar-refractivity contribution in [1.29, 1.82) is 0 Å². The first kappa shape index (κ1) is 18.5. The van der Waals surface area contributed by atoms with Crippen LogP contribution in [0.3, 0.4) is 0 Å². The molecule has 5 nitrogen and oxygen atoms in total. The number of hydrogen-bond acceptors (Lipinski definition) is 3. The van der Waals surface area contributed by atoms with Gasteiger partial charge in [-0.15, -0.1) is 11.3 Å². The van der Waals surface area contributed by atoms with Gasteiger partial charge in [0.1, 0.15) is 0 Å². The molecule has 2 aromatic rings. The minimum atomic E-state index is -0.0874. The molecule has 3 rings (SSSR count). The Labute approximate surface area is 158 Å². The quantitative estimate of drug-likeness (QED) is 0.720. The third kappa shape index (κ3) is 5.08. The van der Waals surface area contributed by atoms with E-state index in [4.69, 9.17) is 0 Å². The van der Waals surface area contributed by atoms with Crippen LogP contribution in [0, 0.1) is 6.92 Å². The Bertz CT molecular complexity index is 783. The zero-order valence-corrected chi connectivity index (χ0v) is 16.1. The highest BCUT2D eigenvalue weighted by Crippen LogP contribution is 2.30. The average molecular weight is 372 g/mol. The van der Waals surface area contributed by atoms with Crippen molar-refractivity contribution < 1.29 is 9.59 Å². The molecular weight excluding hydrogens is 346 g/mol. The molecular formula is C20H25N3O2S. The summed E-state index contributed by atoms with van der Waals surface area (Å²) in [6.07, 6.45) is 3.42. The van der Waals surface area contributed by atoms with Crippen LogP contribution in [0.5, 0.6) is 0 Å². The number of amides is 3. The van der Waals surface area contributed by atoms with E-state index in [1.807, 2.05) is 30.0 Å². The van der Waals surface area contributed by atoms with Gasteiger partial charge in [0.05, 0.1) is 6.54 Å². The van der Waals surface area contributed by atoms with Gasteiger partial charge in [-0.1, -0.05) is 13.0 Å². The van der Waals surface area contributed by atoms with Gasteiger partial charge in [-0.2, -0.15) is 0 Å². The number of nitrogens with one attached hydrogen (secondary N) is 2. The van der Waals surface area contributed by atoms with E-state index in [1.165, 1.54) is 9.75 Å². The zero-order chi connectivity index (χ0) is 18.5. The Morgan fingerprint density at radius 2 is 1.88 bits per heavy atom. The van der Waals surface area contributed by atoms with Crippen LogP contribution in [0.1, 0.15) is 42.4 Å². The molecule has 1 aliphatic rings. The summed E-state index contributed by atoms with van der Waals surface area (Å²) in [5.74, 6) is -0.0105. The summed E-state index contributed by atoms with van der Waals surface area (Å²) in [6.45, 7) is 4.69. The van der Waals surface area contributed by atoms with Crippen LogP contribution >= 0.6 is 11.3 Å². The normalized spacial score (nSPS) is 13.3. The highest BCUT2D eigenvalue weighted by atomic mass is 32.1. The molecule has 0 atom stereocenters. The van der Waals surface area contributed by atoms with Crippen molar-refractivity contribution in [1.82, 2.24) is 4.90 Å². The molecule has 0 aliphatic heterocycles. The maximum absolute atomic E-state index is 12.8. The predicted molar refractivity (Wildman–Crippen MR) is 107 cm³/mol. The molecule has 1 aromatic heterocycles. The lowest BCUT2D eigenvalue weighted by Crippen LogP contribution is -2.36. The minimum Gasteiger partial charge on any atom is -0.326 e. The molecule has 1 saturated carbocycles. The van der Waals surface area contributed by atoms with Gasteiger partial charge in [0.15, 0.2) is 0 Å². The van der Waals surface area contributed by atoms with Crippen molar-refractivity contribution in [3.63, 3.8) is 0 Å². The highest BCUT2D eigenvalue weighted by Gasteiger charge is 2.33. The smallest absolute Gasteiger partial charge is 0.322 e. The number of urea groups is 1. The van der Waals surface area contributed by atoms with E-state index < -0.39 is 0 Å². The van der Waals surface area contributed by atoms with Gasteiger partial charge in [0.2, 0.25) is 5.91 Å². The van der Waals surface area contributed by atoms with E-state index in [1.54, 1.807) is 17.4 Å². The Kier molecular flexibility index (Phi) is 5.93. The molecule has 1 heterocycles. The molecule has 0 bridgehead atoms. The first-order valence-corrected chi connectivity index (χ1v) is 9.89. The number of hydrogen-bond donors (Lipinski definition) is 2. The lowest BCUT2D eigenvalue weighted by molar-refractivity contribution is -0.116. The summed E-state index contributed by atoms with van der Waals surface area (Å²) in [5.41, 5.74) is 1.39. The van der Waals surface area contributed by atoms with Gasteiger partial charge in [-0.05, 0) is 56.5 Å². The van der Waals surface area contributed by atoms with Crippen LogP contribution in [-0.4, -0.2) is 22.9 Å². The van der Waals surface area contributed by atoms with E-state index in [2.05, 4.69) is 29.7 Å². The maximum atomic E-state index is 12.8. The van der Waals surface area contributed by atoms with Gasteiger partial charge in [-0.3, -0.25) is 4.79 Å². The lowest BCUT2D eigenvalue weighted by atomic mass is 10.2. The predicted octanol–water partition coefficient (Wildman–Crippen LogP) is 4.99. The molecule has 1 aromatic carbocycles. The number of nitrogens with zero attached hydrogens (tertiary/aromatic N) is 1. The fraction of sp³-hybridized carbons (Fsp3) is 0.400. The second-order valence-corrected chi connectivity index (χ2v) is 8.05. The van der Waals surface area contributed by atoms with Gasteiger partial charge in [0, 0.05) is 33.6 Å². The van der Waals surface area contributed by atoms with E-state index in [9.17, 15) is 9.59 Å². The summed E-state index contributed by atoms with van der Waals surface area (Å²) in [6, 6.07) is 11.7. The molecule has 1 fully saturated rings. The van der Waals surface area contributed by atoms with Crippen LogP contribution in [0.15, 0.2) is 36.4 Å². The van der Waals surface area contributed by atoms with Crippen LogP contribution in [0.2, 0.25) is 0 Å². The number of anilines is 2. The third-order valence-electron chi connectivity index (χ3n) is 4.25. The van der Waals surface area contributed by atoms with Crippen LogP contribution in [-0.2, 0) is 11.3 Å². The van der Waals surface area contributed by atoms with Crippen molar-refractivity contribution in [2.24, 2.45) is 0 Å². The Morgan fingerprint density at radius 3 is 2.50 bits per heavy atom. The van der Waals surface area contributed by atoms with Crippen molar-refractivity contribution in [3.8, 4) is 0 Å². The lowest BCUT2D eigenvalue weighted by Gasteiger charge is -2.22. The standard InChI is InChI=1S/C20H25N3O2S/c1-3-5-19(24)21-15-6-4-7-16(12-15)22-20(25)23(17-9-10-17)13-18-11-8-14(2)26-18/h4,6-8,11-12,17H,3,5,9-10,13H2,1-2H3,(H,21,24)(H,22,25). The van der Waals surface area contributed by atoms with Gasteiger partial charge < -0.3 is 15.5 Å². The first-order valence-electron chi connectivity index (χ1n) is 9.08. The van der Waals surface area contributed by atoms with Crippen LogP contribution in [0.4, 0.5) is 16.2 Å². The van der Waals surface area contributed by atoms with Gasteiger partial charge in [-0.25, -0.2) is 4.79 Å². The van der Waals surface area contributed by atoms with E-state index in [-0.39, 0.29) is 11.9 Å². The molecule has 138 valence electrons. The van der Waals surface area contributed by atoms with E-state index in [0.29, 0.717) is 30.4 Å². The van der Waals surface area contributed by atoms with E-state index >= 15 is 0 Å². The molecule has 6 heteroatoms. The number of carbonyl (C=O) groups is 2. The Balaban J connectivity index is 1.64. The summed E-state index contributed by atoms with van der Waals surface area (Å²) in [5, 5.41) is 5.84. The molecule has 0 unspecified atom stereocenters. The van der Waals surface area contributed by atoms with Crippen LogP contribution in [0.25, 0.3) is 0 Å². The Hall–Kier alpha value is -2.34. The largest absolute Gasteiger partial charge is 0.326 e. The molecule has 26 heavy (non-hydrogen) atoms. The number of thiophene rings is 1. The maximum Gasteiger partial charge on any atom is 0.322 e. The third-order valence-corrected chi connectivity index (χ3v) is 5.23. The second-order valence-electron chi connectivity index (χ2n) is 6.68. The molecule has 0 radical (unpaired) electrons. The SMILES string of the molecule is CCCC(=O)Nc1cccc(NC(=O)N(Cc2ccc(C)s2)C2CC2)c1. The van der Waals surface area contributed by atoms with E-state index in [0.717, 1.165) is 19.3 Å². The number of carbonyl (C=O) groups excluding carboxylic acids is 2. The summed E-state index contributed by atoms with van der Waals surface area (Å²) >= 11 is 1.73. The fourth-order valence-corrected chi connectivity index (χ4v) is 3.70. The number of benzene rings is 1. The van der Waals surface area contributed by atoms with Crippen molar-refractivity contribution in [2.45, 2.75) is 52.1 Å². The van der Waals surface area contributed by atoms with Crippen molar-refractivity contribution in [2.75, 3.05) is 10.6 Å². The number of aryl methyl sites for hydroxylation is 1. The van der Waals surface area contributed by atoms with Crippen molar-refractivity contribution >= 4 is 34.6 Å². The van der Waals surface area contributed by atoms with Crippen LogP contribution < -0.4 is 10.6 Å². The molecule has 3 amide bonds. The summed E-state index contributed by atoms with van der Waals surface area (Å²) < 4.78 is 0. The average Bonchev–Trinajstić information content (AvgIpc) is 3.35. The molecule has 0 spiro atoms. The Morgan fingerprint density at radius 1 is 1.15 bits per heavy atom. The number of rotatable bonds is 7. The zero-order valence-electron chi connectivity index (χ0n) is 15.2. The second kappa shape index (κ2) is 8.36. The molecule has 0 saturated heterocycles. The molecule has 2 N–H and O–H groups in total. The monoisotopic (exact) mass is 371 g/mol. The first-order chi connectivity index (χ1) is 12.5. The van der Waals surface area contributed by atoms with Gasteiger partial charge in [0.25, 0.3) is 0 Å². The van der Waals surface area contributed by atoms with Gasteiger partial charge >= 0.3 is 6.03 Å². The highest BCUT2D eigenvalue weighted by molar-refractivity contribution is 7.11. The summed E-state index contributed by atoms with van der Waals surface area (Å²) in [4.78, 5) is 28.9. The minimum absolute atomic E-state index is 0.0105. The molecule has 1 aliphatic carbocycles.